The zero-order valence-corrected chi connectivity index (χ0v) is 13.9. The molecule has 0 aromatic heterocycles. The molecule has 0 spiro atoms. The second kappa shape index (κ2) is 6.30. The molecule has 20 heavy (non-hydrogen) atoms. The van der Waals surface area contributed by atoms with Crippen molar-refractivity contribution in [3.63, 3.8) is 0 Å². The molecule has 0 amide bonds. The number of hydrogen-bond acceptors (Lipinski definition) is 3. The van der Waals surface area contributed by atoms with Crippen molar-refractivity contribution in [2.45, 2.75) is 52.5 Å². The van der Waals surface area contributed by atoms with Gasteiger partial charge in [-0.15, -0.1) is 0 Å². The predicted molar refractivity (Wildman–Crippen MR) is 81.8 cm³/mol. The van der Waals surface area contributed by atoms with E-state index < -0.39 is 10.2 Å². The average Bonchev–Trinajstić information content (AvgIpc) is 2.79. The Bertz CT molecular complexity index is 403. The normalized spacial score (nSPS) is 24.4. The molecule has 1 aliphatic heterocycles. The monoisotopic (exact) mass is 303 g/mol. The summed E-state index contributed by atoms with van der Waals surface area (Å²) in [4.78, 5) is 2.36. The van der Waals surface area contributed by atoms with Gasteiger partial charge in [0.15, 0.2) is 0 Å². The van der Waals surface area contributed by atoms with E-state index in [1.54, 1.807) is 4.31 Å². The highest BCUT2D eigenvalue weighted by atomic mass is 32.2. The summed E-state index contributed by atoms with van der Waals surface area (Å²) in [7, 11) is -3.28. The molecule has 0 aromatic carbocycles. The molecule has 6 heteroatoms. The van der Waals surface area contributed by atoms with Gasteiger partial charge in [0, 0.05) is 38.8 Å². The molecule has 0 atom stereocenters. The Morgan fingerprint density at radius 1 is 1.05 bits per heavy atom. The van der Waals surface area contributed by atoms with Crippen LogP contribution in [0.2, 0.25) is 0 Å². The predicted octanol–water partition coefficient (Wildman–Crippen LogP) is 1.43. The van der Waals surface area contributed by atoms with Gasteiger partial charge < -0.3 is 4.90 Å². The Balaban J connectivity index is 1.83. The zero-order chi connectivity index (χ0) is 14.8. The van der Waals surface area contributed by atoms with Gasteiger partial charge in [0.05, 0.1) is 0 Å². The molecular weight excluding hydrogens is 274 g/mol. The Hall–Kier alpha value is -0.170. The molecule has 1 saturated carbocycles. The Morgan fingerprint density at radius 3 is 2.10 bits per heavy atom. The Kier molecular flexibility index (Phi) is 5.10. The molecule has 0 radical (unpaired) electrons. The lowest BCUT2D eigenvalue weighted by Crippen LogP contribution is -2.54. The summed E-state index contributed by atoms with van der Waals surface area (Å²) in [6.07, 6.45) is 4.27. The number of nitrogens with zero attached hydrogens (tertiary/aromatic N) is 2. The highest BCUT2D eigenvalue weighted by Crippen LogP contribution is 2.20. The molecule has 1 saturated heterocycles. The smallest absolute Gasteiger partial charge is 0.279 e. The fraction of sp³-hybridized carbons (Fsp3) is 1.00. The molecule has 5 nitrogen and oxygen atoms in total. The highest BCUT2D eigenvalue weighted by molar-refractivity contribution is 7.87. The van der Waals surface area contributed by atoms with E-state index in [4.69, 9.17) is 0 Å². The van der Waals surface area contributed by atoms with Crippen LogP contribution in [0.25, 0.3) is 0 Å². The lowest BCUT2D eigenvalue weighted by molar-refractivity contribution is 0.140. The van der Waals surface area contributed by atoms with Gasteiger partial charge in [-0.25, -0.2) is 0 Å². The first-order valence-corrected chi connectivity index (χ1v) is 9.20. The number of nitrogens with one attached hydrogen (secondary N) is 1. The van der Waals surface area contributed by atoms with Crippen molar-refractivity contribution >= 4 is 10.2 Å². The number of rotatable bonds is 4. The lowest BCUT2D eigenvalue weighted by Gasteiger charge is -2.37. The van der Waals surface area contributed by atoms with Crippen LogP contribution in [0, 0.1) is 5.41 Å². The maximum Gasteiger partial charge on any atom is 0.279 e. The first-order valence-electron chi connectivity index (χ1n) is 7.76. The molecule has 1 N–H and O–H groups in total. The molecule has 2 aliphatic rings. The van der Waals surface area contributed by atoms with Crippen LogP contribution in [0.1, 0.15) is 46.5 Å². The minimum absolute atomic E-state index is 0.160. The highest BCUT2D eigenvalue weighted by Gasteiger charge is 2.30. The molecule has 0 unspecified atom stereocenters. The first-order chi connectivity index (χ1) is 9.26. The van der Waals surface area contributed by atoms with Crippen molar-refractivity contribution in [3.05, 3.63) is 0 Å². The number of piperazine rings is 1. The average molecular weight is 303 g/mol. The fourth-order valence-corrected chi connectivity index (χ4v) is 4.58. The van der Waals surface area contributed by atoms with Crippen LogP contribution in [-0.2, 0) is 10.2 Å². The van der Waals surface area contributed by atoms with Gasteiger partial charge in [-0.3, -0.25) is 0 Å². The molecule has 2 rings (SSSR count). The van der Waals surface area contributed by atoms with Crippen molar-refractivity contribution in [2.24, 2.45) is 5.41 Å². The summed E-state index contributed by atoms with van der Waals surface area (Å²) >= 11 is 0. The molecule has 0 bridgehead atoms. The second-order valence-electron chi connectivity index (χ2n) is 7.34. The van der Waals surface area contributed by atoms with E-state index >= 15 is 0 Å². The second-order valence-corrected chi connectivity index (χ2v) is 9.04. The van der Waals surface area contributed by atoms with E-state index in [0.29, 0.717) is 13.1 Å². The molecule has 1 aliphatic carbocycles. The van der Waals surface area contributed by atoms with Gasteiger partial charge >= 0.3 is 0 Å². The third-order valence-electron chi connectivity index (χ3n) is 4.04. The van der Waals surface area contributed by atoms with Crippen LogP contribution in [0.3, 0.4) is 0 Å². The zero-order valence-electron chi connectivity index (χ0n) is 13.1. The van der Waals surface area contributed by atoms with Crippen molar-refractivity contribution < 1.29 is 8.42 Å². The Labute approximate surface area is 123 Å². The molecule has 0 aromatic rings. The Morgan fingerprint density at radius 2 is 1.60 bits per heavy atom. The summed E-state index contributed by atoms with van der Waals surface area (Å²) in [6, 6.07) is 0.160. The first kappa shape index (κ1) is 16.2. The van der Waals surface area contributed by atoms with Crippen LogP contribution in [0.15, 0.2) is 0 Å². The minimum Gasteiger partial charge on any atom is -0.300 e. The van der Waals surface area contributed by atoms with Gasteiger partial charge in [-0.1, -0.05) is 33.6 Å². The van der Waals surface area contributed by atoms with Gasteiger partial charge in [0.2, 0.25) is 0 Å². The summed E-state index contributed by atoms with van der Waals surface area (Å²) in [5.41, 5.74) is 0.267. The van der Waals surface area contributed by atoms with E-state index in [-0.39, 0.29) is 11.5 Å². The van der Waals surface area contributed by atoms with E-state index in [9.17, 15) is 8.42 Å². The van der Waals surface area contributed by atoms with Crippen molar-refractivity contribution in [1.82, 2.24) is 13.9 Å². The third-order valence-corrected chi connectivity index (χ3v) is 5.72. The molecule has 1 heterocycles. The van der Waals surface area contributed by atoms with Crippen LogP contribution < -0.4 is 4.72 Å². The maximum absolute atomic E-state index is 12.3. The van der Waals surface area contributed by atoms with Crippen LogP contribution >= 0.6 is 0 Å². The van der Waals surface area contributed by atoms with E-state index in [2.05, 4.69) is 30.4 Å². The summed E-state index contributed by atoms with van der Waals surface area (Å²) < 4.78 is 29.1. The van der Waals surface area contributed by atoms with Crippen LogP contribution in [0.5, 0.6) is 0 Å². The fourth-order valence-electron chi connectivity index (χ4n) is 3.13. The van der Waals surface area contributed by atoms with Crippen LogP contribution in [-0.4, -0.2) is 56.4 Å². The largest absolute Gasteiger partial charge is 0.300 e. The van der Waals surface area contributed by atoms with E-state index in [0.717, 1.165) is 45.3 Å². The van der Waals surface area contributed by atoms with Gasteiger partial charge in [-0.2, -0.15) is 17.4 Å². The summed E-state index contributed by atoms with van der Waals surface area (Å²) in [5.74, 6) is 0. The van der Waals surface area contributed by atoms with Crippen molar-refractivity contribution in [3.8, 4) is 0 Å². The maximum atomic E-state index is 12.3. The van der Waals surface area contributed by atoms with Gasteiger partial charge in [0.25, 0.3) is 10.2 Å². The summed E-state index contributed by atoms with van der Waals surface area (Å²) in [5, 5.41) is 0. The summed E-state index contributed by atoms with van der Waals surface area (Å²) in [6.45, 7) is 10.6. The topological polar surface area (TPSA) is 52.7 Å². The molecule has 118 valence electrons. The quantitative estimate of drug-likeness (QED) is 0.855. The van der Waals surface area contributed by atoms with Crippen LogP contribution in [0.4, 0.5) is 0 Å². The molecular formula is C14H29N3O2S. The third kappa shape index (κ3) is 4.69. The van der Waals surface area contributed by atoms with Crippen molar-refractivity contribution in [1.29, 1.82) is 0 Å². The SMILES string of the molecule is CC(C)(C)CN1CCN(S(=O)(=O)NC2CCCC2)CC1. The molecule has 2 fully saturated rings. The van der Waals surface area contributed by atoms with Gasteiger partial charge in [0.1, 0.15) is 0 Å². The van der Waals surface area contributed by atoms with Crippen molar-refractivity contribution in [2.75, 3.05) is 32.7 Å². The minimum atomic E-state index is -3.28. The standard InChI is InChI=1S/C14H29N3O2S/c1-14(2,3)12-16-8-10-17(11-9-16)20(18,19)15-13-6-4-5-7-13/h13,15H,4-12H2,1-3H3. The van der Waals surface area contributed by atoms with Gasteiger partial charge in [-0.05, 0) is 18.3 Å². The lowest BCUT2D eigenvalue weighted by atomic mass is 9.96. The van der Waals surface area contributed by atoms with E-state index in [1.807, 2.05) is 0 Å². The number of hydrogen-bond donors (Lipinski definition) is 1. The van der Waals surface area contributed by atoms with E-state index in [1.165, 1.54) is 0 Å².